The molecule has 0 spiro atoms. The van der Waals surface area contributed by atoms with E-state index in [2.05, 4.69) is 4.98 Å². The number of para-hydroxylation sites is 1. The summed E-state index contributed by atoms with van der Waals surface area (Å²) in [6.07, 6.45) is -3.73. The van der Waals surface area contributed by atoms with E-state index in [4.69, 9.17) is 4.74 Å². The molecule has 0 atom stereocenters. The SMILES string of the molecule is O=c1ncn(Cc2c(F)cc(F)cc2F)c2ccc(Oc3c(CO)cccc3C(F)(F)F)cc12. The summed E-state index contributed by atoms with van der Waals surface area (Å²) < 4.78 is 88.3. The third kappa shape index (κ3) is 4.46. The minimum atomic E-state index is -4.77. The molecule has 0 saturated carbocycles. The van der Waals surface area contributed by atoms with Gasteiger partial charge in [-0.1, -0.05) is 12.1 Å². The predicted octanol–water partition coefficient (Wildman–Crippen LogP) is 5.17. The molecule has 0 fully saturated rings. The van der Waals surface area contributed by atoms with E-state index in [9.17, 15) is 36.2 Å². The largest absolute Gasteiger partial charge is 0.456 e. The van der Waals surface area contributed by atoms with Crippen molar-refractivity contribution in [3.8, 4) is 11.5 Å². The standard InChI is InChI=1S/C23H14F6N2O3/c24-13-6-18(25)16(19(26)7-13)9-31-11-30-22(33)15-8-14(4-5-20(15)31)34-21-12(10-32)2-1-3-17(21)23(27,28)29/h1-8,11,32H,9-10H2. The Labute approximate surface area is 187 Å². The van der Waals surface area contributed by atoms with Crippen LogP contribution in [0.5, 0.6) is 11.5 Å². The second-order valence-electron chi connectivity index (χ2n) is 7.26. The zero-order valence-corrected chi connectivity index (χ0v) is 17.0. The van der Waals surface area contributed by atoms with Gasteiger partial charge in [0.2, 0.25) is 0 Å². The van der Waals surface area contributed by atoms with E-state index in [1.54, 1.807) is 0 Å². The summed E-state index contributed by atoms with van der Waals surface area (Å²) in [5, 5.41) is 9.35. The quantitative estimate of drug-likeness (QED) is 0.401. The van der Waals surface area contributed by atoms with Crippen LogP contribution in [0, 0.1) is 17.5 Å². The molecular weight excluding hydrogens is 466 g/mol. The Kier molecular flexibility index (Phi) is 6.05. The summed E-state index contributed by atoms with van der Waals surface area (Å²) in [6, 6.07) is 7.89. The maximum atomic E-state index is 14.1. The highest BCUT2D eigenvalue weighted by Gasteiger charge is 2.35. The van der Waals surface area contributed by atoms with Gasteiger partial charge in [-0.3, -0.25) is 4.79 Å². The first-order chi connectivity index (χ1) is 16.1. The minimum absolute atomic E-state index is 0.0991. The first kappa shape index (κ1) is 23.3. The number of nitrogens with zero attached hydrogens (tertiary/aromatic N) is 2. The molecule has 4 aromatic rings. The van der Waals surface area contributed by atoms with Crippen molar-refractivity contribution in [3.63, 3.8) is 0 Å². The molecular formula is C23H14F6N2O3. The van der Waals surface area contributed by atoms with E-state index < -0.39 is 59.2 Å². The molecule has 0 bridgehead atoms. The van der Waals surface area contributed by atoms with Gasteiger partial charge in [0, 0.05) is 23.3 Å². The van der Waals surface area contributed by atoms with Crippen molar-refractivity contribution >= 4 is 10.9 Å². The van der Waals surface area contributed by atoms with Gasteiger partial charge in [0.25, 0.3) is 5.56 Å². The highest BCUT2D eigenvalue weighted by molar-refractivity contribution is 5.79. The van der Waals surface area contributed by atoms with Crippen LogP contribution in [0.2, 0.25) is 0 Å². The van der Waals surface area contributed by atoms with Crippen LogP contribution in [0.4, 0.5) is 26.3 Å². The molecule has 176 valence electrons. The molecule has 1 aromatic heterocycles. The minimum Gasteiger partial charge on any atom is -0.456 e. The molecule has 5 nitrogen and oxygen atoms in total. The van der Waals surface area contributed by atoms with Crippen LogP contribution >= 0.6 is 0 Å². The number of aliphatic hydroxyl groups is 1. The number of benzene rings is 3. The van der Waals surface area contributed by atoms with Crippen LogP contribution in [-0.2, 0) is 19.3 Å². The fourth-order valence-electron chi connectivity index (χ4n) is 3.44. The Morgan fingerprint density at radius 2 is 1.71 bits per heavy atom. The molecule has 0 aliphatic heterocycles. The van der Waals surface area contributed by atoms with Crippen molar-refractivity contribution in [3.05, 3.63) is 99.4 Å². The third-order valence-corrected chi connectivity index (χ3v) is 5.05. The normalized spacial score (nSPS) is 11.7. The molecule has 11 heteroatoms. The van der Waals surface area contributed by atoms with Crippen molar-refractivity contribution in [1.82, 2.24) is 9.55 Å². The maximum Gasteiger partial charge on any atom is 0.419 e. The van der Waals surface area contributed by atoms with Gasteiger partial charge in [0.05, 0.1) is 35.9 Å². The molecule has 1 heterocycles. The van der Waals surface area contributed by atoms with Crippen LogP contribution in [-0.4, -0.2) is 14.7 Å². The van der Waals surface area contributed by atoms with Crippen LogP contribution in [0.1, 0.15) is 16.7 Å². The molecule has 0 aliphatic rings. The number of aliphatic hydroxyl groups excluding tert-OH is 1. The van der Waals surface area contributed by atoms with Crippen LogP contribution in [0.15, 0.2) is 59.7 Å². The Balaban J connectivity index is 1.78. The summed E-state index contributed by atoms with van der Waals surface area (Å²) in [5.41, 5.74) is -2.32. The molecule has 0 aliphatic carbocycles. The highest BCUT2D eigenvalue weighted by atomic mass is 19.4. The third-order valence-electron chi connectivity index (χ3n) is 5.05. The van der Waals surface area contributed by atoms with Crippen molar-refractivity contribution in [1.29, 1.82) is 0 Å². The van der Waals surface area contributed by atoms with Gasteiger partial charge in [-0.15, -0.1) is 0 Å². The Bertz CT molecular complexity index is 1430. The summed E-state index contributed by atoms with van der Waals surface area (Å²) >= 11 is 0. The van der Waals surface area contributed by atoms with E-state index in [0.29, 0.717) is 12.1 Å². The molecule has 0 amide bonds. The van der Waals surface area contributed by atoms with Gasteiger partial charge in [-0.05, 0) is 24.3 Å². The van der Waals surface area contributed by atoms with Gasteiger partial charge < -0.3 is 14.4 Å². The number of alkyl halides is 3. The fraction of sp³-hybridized carbons (Fsp3) is 0.130. The van der Waals surface area contributed by atoms with Gasteiger partial charge in [-0.25, -0.2) is 13.2 Å². The van der Waals surface area contributed by atoms with E-state index in [1.165, 1.54) is 22.8 Å². The second kappa shape index (κ2) is 8.82. The topological polar surface area (TPSA) is 64.4 Å². The zero-order valence-electron chi connectivity index (χ0n) is 17.0. The lowest BCUT2D eigenvalue weighted by atomic mass is 10.1. The average molecular weight is 480 g/mol. The Morgan fingerprint density at radius 3 is 2.35 bits per heavy atom. The number of ether oxygens (including phenoxy) is 1. The molecule has 0 radical (unpaired) electrons. The van der Waals surface area contributed by atoms with Crippen LogP contribution < -0.4 is 10.3 Å². The number of halogens is 6. The van der Waals surface area contributed by atoms with Crippen molar-refractivity contribution < 1.29 is 36.2 Å². The monoisotopic (exact) mass is 480 g/mol. The van der Waals surface area contributed by atoms with Gasteiger partial charge in [-0.2, -0.15) is 18.2 Å². The Morgan fingerprint density at radius 1 is 1.00 bits per heavy atom. The lowest BCUT2D eigenvalue weighted by molar-refractivity contribution is -0.138. The molecule has 34 heavy (non-hydrogen) atoms. The van der Waals surface area contributed by atoms with Gasteiger partial charge >= 0.3 is 6.18 Å². The Hall–Kier alpha value is -3.86. The van der Waals surface area contributed by atoms with E-state index >= 15 is 0 Å². The fourth-order valence-corrected chi connectivity index (χ4v) is 3.44. The zero-order chi connectivity index (χ0) is 24.6. The lowest BCUT2D eigenvalue weighted by Crippen LogP contribution is -2.14. The number of hydrogen-bond acceptors (Lipinski definition) is 4. The lowest BCUT2D eigenvalue weighted by Gasteiger charge is -2.17. The van der Waals surface area contributed by atoms with Gasteiger partial charge in [0.1, 0.15) is 29.0 Å². The summed E-state index contributed by atoms with van der Waals surface area (Å²) in [5.74, 6) is -4.15. The number of aromatic nitrogens is 2. The van der Waals surface area contributed by atoms with Crippen LogP contribution in [0.25, 0.3) is 10.9 Å². The number of hydrogen-bond donors (Lipinski definition) is 1. The summed E-state index contributed by atoms with van der Waals surface area (Å²) in [7, 11) is 0. The van der Waals surface area contributed by atoms with E-state index in [1.807, 2.05) is 0 Å². The summed E-state index contributed by atoms with van der Waals surface area (Å²) in [4.78, 5) is 16.0. The second-order valence-corrected chi connectivity index (χ2v) is 7.26. The maximum absolute atomic E-state index is 14.1. The predicted molar refractivity (Wildman–Crippen MR) is 109 cm³/mol. The number of fused-ring (bicyclic) bond motifs is 1. The molecule has 0 saturated heterocycles. The van der Waals surface area contributed by atoms with Gasteiger partial charge in [0.15, 0.2) is 0 Å². The summed E-state index contributed by atoms with van der Waals surface area (Å²) in [6.45, 7) is -1.16. The first-order valence-corrected chi connectivity index (χ1v) is 9.69. The smallest absolute Gasteiger partial charge is 0.419 e. The first-order valence-electron chi connectivity index (χ1n) is 9.69. The van der Waals surface area contributed by atoms with E-state index in [-0.39, 0.29) is 22.2 Å². The molecule has 0 unspecified atom stereocenters. The van der Waals surface area contributed by atoms with Crippen molar-refractivity contribution in [2.75, 3.05) is 0 Å². The molecule has 4 rings (SSSR count). The van der Waals surface area contributed by atoms with Crippen LogP contribution in [0.3, 0.4) is 0 Å². The molecule has 1 N–H and O–H groups in total. The highest BCUT2D eigenvalue weighted by Crippen LogP contribution is 2.40. The van der Waals surface area contributed by atoms with Crippen molar-refractivity contribution in [2.45, 2.75) is 19.3 Å². The number of rotatable bonds is 5. The van der Waals surface area contributed by atoms with E-state index in [0.717, 1.165) is 24.5 Å². The van der Waals surface area contributed by atoms with Crippen molar-refractivity contribution in [2.24, 2.45) is 0 Å². The average Bonchev–Trinajstić information content (AvgIpc) is 2.77. The molecule has 3 aromatic carbocycles.